The van der Waals surface area contributed by atoms with Crippen LogP contribution in [0.25, 0.3) is 0 Å². The van der Waals surface area contributed by atoms with Crippen LogP contribution in [0.2, 0.25) is 0 Å². The van der Waals surface area contributed by atoms with Gasteiger partial charge in [-0.05, 0) is 25.1 Å². The van der Waals surface area contributed by atoms with Crippen LogP contribution < -0.4 is 5.73 Å². The molecule has 2 N–H and O–H groups in total. The summed E-state index contributed by atoms with van der Waals surface area (Å²) >= 11 is 0. The molecule has 0 atom stereocenters. The Morgan fingerprint density at radius 1 is 1.26 bits per heavy atom. The van der Waals surface area contributed by atoms with Crippen molar-refractivity contribution in [3.05, 3.63) is 47.9 Å². The molecule has 2 rings (SSSR count). The highest BCUT2D eigenvalue weighted by atomic mass is 32.2. The maximum atomic E-state index is 12.4. The first-order chi connectivity index (χ1) is 8.93. The van der Waals surface area contributed by atoms with E-state index in [0.717, 1.165) is 5.56 Å². The summed E-state index contributed by atoms with van der Waals surface area (Å²) in [6, 6.07) is 8.19. The van der Waals surface area contributed by atoms with Crippen molar-refractivity contribution in [3.63, 3.8) is 0 Å². The summed E-state index contributed by atoms with van der Waals surface area (Å²) in [5.74, 6) is 0.711. The number of nitrogens with zero attached hydrogens (tertiary/aromatic N) is 1. The molecular formula is C13H16N2O3S. The maximum Gasteiger partial charge on any atom is 0.245 e. The van der Waals surface area contributed by atoms with Crippen molar-refractivity contribution >= 4 is 15.7 Å². The van der Waals surface area contributed by atoms with Gasteiger partial charge in [-0.1, -0.05) is 12.1 Å². The molecular weight excluding hydrogens is 264 g/mol. The highest BCUT2D eigenvalue weighted by Gasteiger charge is 2.23. The highest BCUT2D eigenvalue weighted by molar-refractivity contribution is 7.89. The third-order valence-corrected chi connectivity index (χ3v) is 4.84. The van der Waals surface area contributed by atoms with Gasteiger partial charge in [-0.2, -0.15) is 4.31 Å². The van der Waals surface area contributed by atoms with Gasteiger partial charge in [0.2, 0.25) is 10.0 Å². The lowest BCUT2D eigenvalue weighted by Crippen LogP contribution is -2.27. The third-order valence-electron chi connectivity index (χ3n) is 2.97. The molecule has 6 heteroatoms. The topological polar surface area (TPSA) is 76.5 Å². The largest absolute Gasteiger partial charge is 0.469 e. The second-order valence-electron chi connectivity index (χ2n) is 4.30. The Bertz CT molecular complexity index is 677. The molecule has 0 saturated carbocycles. The molecule has 0 amide bonds. The van der Waals surface area contributed by atoms with Crippen LogP contribution in [-0.4, -0.2) is 19.8 Å². The van der Waals surface area contributed by atoms with Gasteiger partial charge in [-0.3, -0.25) is 0 Å². The predicted octanol–water partition coefficient (Wildman–Crippen LogP) is 1.99. The van der Waals surface area contributed by atoms with Gasteiger partial charge in [0.25, 0.3) is 0 Å². The van der Waals surface area contributed by atoms with E-state index in [-0.39, 0.29) is 17.1 Å². The normalized spacial score (nSPS) is 11.9. The molecule has 0 unspecified atom stereocenters. The number of nitrogens with two attached hydrogens (primary N) is 1. The summed E-state index contributed by atoms with van der Waals surface area (Å²) in [6.45, 7) is 2.05. The fourth-order valence-corrected chi connectivity index (χ4v) is 3.04. The molecule has 0 spiro atoms. The van der Waals surface area contributed by atoms with Gasteiger partial charge in [0.15, 0.2) is 0 Å². The molecule has 0 bridgehead atoms. The molecule has 0 aliphatic carbocycles. The van der Waals surface area contributed by atoms with E-state index in [1.165, 1.54) is 17.4 Å². The van der Waals surface area contributed by atoms with Crippen LogP contribution in [0.1, 0.15) is 11.3 Å². The minimum atomic E-state index is -3.60. The smallest absolute Gasteiger partial charge is 0.245 e. The first kappa shape index (κ1) is 13.6. The summed E-state index contributed by atoms with van der Waals surface area (Å²) in [4.78, 5) is 0.124. The van der Waals surface area contributed by atoms with Gasteiger partial charge >= 0.3 is 0 Å². The number of hydrogen-bond acceptors (Lipinski definition) is 4. The molecule has 2 aromatic rings. The quantitative estimate of drug-likeness (QED) is 0.869. The molecule has 1 aromatic carbocycles. The predicted molar refractivity (Wildman–Crippen MR) is 73.0 cm³/mol. The SMILES string of the molecule is Cc1occc1CN(C)S(=O)(=O)c1ccccc1N. The van der Waals surface area contributed by atoms with Crippen molar-refractivity contribution in [1.29, 1.82) is 0 Å². The molecule has 1 heterocycles. The molecule has 5 nitrogen and oxygen atoms in total. The van der Waals surface area contributed by atoms with Crippen LogP contribution in [0.15, 0.2) is 45.9 Å². The lowest BCUT2D eigenvalue weighted by molar-refractivity contribution is 0.459. The van der Waals surface area contributed by atoms with Crippen molar-refractivity contribution in [1.82, 2.24) is 4.31 Å². The zero-order valence-corrected chi connectivity index (χ0v) is 11.6. The second kappa shape index (κ2) is 5.07. The molecule has 0 saturated heterocycles. The Kier molecular flexibility index (Phi) is 3.64. The lowest BCUT2D eigenvalue weighted by atomic mass is 10.3. The van der Waals surface area contributed by atoms with Crippen LogP contribution in [0.3, 0.4) is 0 Å². The number of aryl methyl sites for hydroxylation is 1. The fraction of sp³-hybridized carbons (Fsp3) is 0.231. The lowest BCUT2D eigenvalue weighted by Gasteiger charge is -2.17. The Hall–Kier alpha value is -1.79. The number of anilines is 1. The number of sulfonamides is 1. The highest BCUT2D eigenvalue weighted by Crippen LogP contribution is 2.23. The van der Waals surface area contributed by atoms with Crippen molar-refractivity contribution in [2.45, 2.75) is 18.4 Å². The van der Waals surface area contributed by atoms with E-state index in [2.05, 4.69) is 0 Å². The summed E-state index contributed by atoms with van der Waals surface area (Å²) in [6.07, 6.45) is 1.54. The van der Waals surface area contributed by atoms with Gasteiger partial charge in [0.1, 0.15) is 10.7 Å². The Morgan fingerprint density at radius 2 is 1.95 bits per heavy atom. The third kappa shape index (κ3) is 2.64. The van der Waals surface area contributed by atoms with Crippen molar-refractivity contribution in [2.75, 3.05) is 12.8 Å². The summed E-state index contributed by atoms with van der Waals surface area (Å²) < 4.78 is 31.2. The van der Waals surface area contributed by atoms with E-state index in [9.17, 15) is 8.42 Å². The van der Waals surface area contributed by atoms with E-state index in [4.69, 9.17) is 10.2 Å². The number of hydrogen-bond donors (Lipinski definition) is 1. The van der Waals surface area contributed by atoms with Crippen LogP contribution in [0.5, 0.6) is 0 Å². The monoisotopic (exact) mass is 280 g/mol. The van der Waals surface area contributed by atoms with Gasteiger partial charge in [-0.25, -0.2) is 8.42 Å². The molecule has 0 radical (unpaired) electrons. The number of benzene rings is 1. The van der Waals surface area contributed by atoms with Gasteiger partial charge in [0, 0.05) is 19.2 Å². The summed E-state index contributed by atoms with van der Waals surface area (Å²) in [7, 11) is -2.07. The van der Waals surface area contributed by atoms with E-state index < -0.39 is 10.0 Å². The minimum Gasteiger partial charge on any atom is -0.469 e. The average molecular weight is 280 g/mol. The number of rotatable bonds is 4. The van der Waals surface area contributed by atoms with E-state index >= 15 is 0 Å². The number of para-hydroxylation sites is 1. The van der Waals surface area contributed by atoms with Crippen LogP contribution in [0.4, 0.5) is 5.69 Å². The zero-order chi connectivity index (χ0) is 14.0. The minimum absolute atomic E-state index is 0.124. The van der Waals surface area contributed by atoms with Crippen LogP contribution >= 0.6 is 0 Å². The molecule has 19 heavy (non-hydrogen) atoms. The van der Waals surface area contributed by atoms with E-state index in [0.29, 0.717) is 5.76 Å². The zero-order valence-electron chi connectivity index (χ0n) is 10.8. The summed E-state index contributed by atoms with van der Waals surface area (Å²) in [5, 5.41) is 0. The van der Waals surface area contributed by atoms with Gasteiger partial charge < -0.3 is 10.2 Å². The standard InChI is InChI=1S/C13H16N2O3S/c1-10-11(7-8-18-10)9-15(2)19(16,17)13-6-4-3-5-12(13)14/h3-8H,9,14H2,1-2H3. The molecule has 0 aliphatic rings. The molecule has 0 aliphatic heterocycles. The van der Waals surface area contributed by atoms with Gasteiger partial charge in [-0.15, -0.1) is 0 Å². The second-order valence-corrected chi connectivity index (χ2v) is 6.31. The Morgan fingerprint density at radius 3 is 2.53 bits per heavy atom. The van der Waals surface area contributed by atoms with Crippen molar-refractivity contribution in [3.8, 4) is 0 Å². The van der Waals surface area contributed by atoms with E-state index in [1.807, 2.05) is 0 Å². The fourth-order valence-electron chi connectivity index (χ4n) is 1.78. The average Bonchev–Trinajstić information content (AvgIpc) is 2.75. The number of nitrogen functional groups attached to an aromatic ring is 1. The van der Waals surface area contributed by atoms with Crippen LogP contribution in [-0.2, 0) is 16.6 Å². The van der Waals surface area contributed by atoms with Crippen LogP contribution in [0, 0.1) is 6.92 Å². The molecule has 1 aromatic heterocycles. The van der Waals surface area contributed by atoms with Crippen molar-refractivity contribution in [2.24, 2.45) is 0 Å². The van der Waals surface area contributed by atoms with Gasteiger partial charge in [0.05, 0.1) is 12.0 Å². The summed E-state index contributed by atoms with van der Waals surface area (Å²) in [5.41, 5.74) is 6.81. The van der Waals surface area contributed by atoms with E-state index in [1.54, 1.807) is 37.5 Å². The molecule has 102 valence electrons. The first-order valence-electron chi connectivity index (χ1n) is 5.76. The maximum absolute atomic E-state index is 12.4. The first-order valence-corrected chi connectivity index (χ1v) is 7.20. The number of furan rings is 1. The molecule has 0 fully saturated rings. The Labute approximate surface area is 112 Å². The Balaban J connectivity index is 2.30. The van der Waals surface area contributed by atoms with Crippen molar-refractivity contribution < 1.29 is 12.8 Å².